The van der Waals surface area contributed by atoms with Gasteiger partial charge in [-0.2, -0.15) is 0 Å². The van der Waals surface area contributed by atoms with E-state index >= 15 is 0 Å². The van der Waals surface area contributed by atoms with Gasteiger partial charge in [0.05, 0.1) is 12.2 Å². The first-order valence-corrected chi connectivity index (χ1v) is 8.63. The van der Waals surface area contributed by atoms with E-state index in [1.54, 1.807) is 0 Å². The minimum atomic E-state index is 0.441. The number of ether oxygens (including phenoxy) is 1. The van der Waals surface area contributed by atoms with Crippen LogP contribution in [0.3, 0.4) is 0 Å². The van der Waals surface area contributed by atoms with Crippen LogP contribution < -0.4 is 5.32 Å². The summed E-state index contributed by atoms with van der Waals surface area (Å²) in [7, 11) is 4.30. The van der Waals surface area contributed by atoms with Crippen LogP contribution in [-0.4, -0.2) is 99.9 Å². The molecule has 0 aromatic rings. The Balaban J connectivity index is 1.58. The molecule has 1 N–H and O–H groups in total. The summed E-state index contributed by atoms with van der Waals surface area (Å²) < 4.78 is 6.15. The molecule has 0 aromatic heterocycles. The van der Waals surface area contributed by atoms with Gasteiger partial charge in [0.2, 0.25) is 0 Å². The standard InChI is InChI=1S/C16H34N4O/c1-4-17-13-15-5-6-16(21-15)14-20-11-9-19(10-12-20)8-7-18(2)3/h15-17H,4-14H2,1-3H3. The zero-order valence-electron chi connectivity index (χ0n) is 14.2. The first-order chi connectivity index (χ1) is 10.2. The van der Waals surface area contributed by atoms with Crippen LogP contribution in [0.2, 0.25) is 0 Å². The van der Waals surface area contributed by atoms with E-state index in [1.165, 1.54) is 45.6 Å². The van der Waals surface area contributed by atoms with Crippen LogP contribution in [0, 0.1) is 0 Å². The van der Waals surface area contributed by atoms with E-state index in [0.717, 1.165) is 26.2 Å². The minimum Gasteiger partial charge on any atom is -0.372 e. The molecular formula is C16H34N4O. The predicted molar refractivity (Wildman–Crippen MR) is 87.9 cm³/mol. The molecule has 0 spiro atoms. The molecule has 0 aliphatic carbocycles. The number of likely N-dealkylation sites (N-methyl/N-ethyl adjacent to an activating group) is 2. The molecule has 0 amide bonds. The summed E-state index contributed by atoms with van der Waals surface area (Å²) in [6, 6.07) is 0. The normalized spacial score (nSPS) is 28.6. The fourth-order valence-corrected chi connectivity index (χ4v) is 3.19. The van der Waals surface area contributed by atoms with E-state index in [9.17, 15) is 0 Å². The highest BCUT2D eigenvalue weighted by molar-refractivity contribution is 4.80. The SMILES string of the molecule is CCNCC1CCC(CN2CCN(CCN(C)C)CC2)O1. The van der Waals surface area contributed by atoms with Gasteiger partial charge in [0.25, 0.3) is 0 Å². The Labute approximate surface area is 130 Å². The zero-order chi connectivity index (χ0) is 15.1. The third-order valence-electron chi connectivity index (χ3n) is 4.61. The second-order valence-electron chi connectivity index (χ2n) is 6.71. The molecule has 2 heterocycles. The number of nitrogens with one attached hydrogen (secondary N) is 1. The number of rotatable bonds is 8. The van der Waals surface area contributed by atoms with Crippen LogP contribution in [-0.2, 0) is 4.74 Å². The highest BCUT2D eigenvalue weighted by atomic mass is 16.5. The van der Waals surface area contributed by atoms with Crippen LogP contribution in [0.25, 0.3) is 0 Å². The van der Waals surface area contributed by atoms with Crippen molar-refractivity contribution < 1.29 is 4.74 Å². The Morgan fingerprint density at radius 1 is 1.05 bits per heavy atom. The van der Waals surface area contributed by atoms with Crippen molar-refractivity contribution >= 4 is 0 Å². The number of nitrogens with zero attached hydrogens (tertiary/aromatic N) is 3. The monoisotopic (exact) mass is 298 g/mol. The molecule has 21 heavy (non-hydrogen) atoms. The fraction of sp³-hybridized carbons (Fsp3) is 1.00. The molecular weight excluding hydrogens is 264 g/mol. The third kappa shape index (κ3) is 6.20. The molecule has 124 valence electrons. The average Bonchev–Trinajstić information content (AvgIpc) is 2.92. The van der Waals surface area contributed by atoms with E-state index in [-0.39, 0.29) is 0 Å². The predicted octanol–water partition coefficient (Wildman–Crippen LogP) is 0.323. The summed E-state index contributed by atoms with van der Waals surface area (Å²) in [4.78, 5) is 7.44. The van der Waals surface area contributed by atoms with Gasteiger partial charge in [-0.05, 0) is 33.5 Å². The molecule has 5 nitrogen and oxygen atoms in total. The largest absolute Gasteiger partial charge is 0.372 e. The van der Waals surface area contributed by atoms with Gasteiger partial charge in [-0.15, -0.1) is 0 Å². The fourth-order valence-electron chi connectivity index (χ4n) is 3.19. The molecule has 2 fully saturated rings. The Morgan fingerprint density at radius 3 is 2.38 bits per heavy atom. The molecule has 0 aromatic carbocycles. The van der Waals surface area contributed by atoms with Crippen molar-refractivity contribution in [2.24, 2.45) is 0 Å². The summed E-state index contributed by atoms with van der Waals surface area (Å²) in [6.07, 6.45) is 3.36. The molecule has 2 saturated heterocycles. The average molecular weight is 298 g/mol. The minimum absolute atomic E-state index is 0.441. The van der Waals surface area contributed by atoms with Crippen molar-refractivity contribution in [2.75, 3.05) is 73.0 Å². The maximum absolute atomic E-state index is 6.15. The lowest BCUT2D eigenvalue weighted by Crippen LogP contribution is -2.49. The van der Waals surface area contributed by atoms with Gasteiger partial charge in [0, 0.05) is 52.4 Å². The summed E-state index contributed by atoms with van der Waals surface area (Å²) in [6.45, 7) is 12.5. The molecule has 2 aliphatic rings. The van der Waals surface area contributed by atoms with Crippen molar-refractivity contribution in [3.8, 4) is 0 Å². The van der Waals surface area contributed by atoms with Gasteiger partial charge in [-0.1, -0.05) is 6.92 Å². The smallest absolute Gasteiger partial charge is 0.0707 e. The van der Waals surface area contributed by atoms with Gasteiger partial charge in [0.1, 0.15) is 0 Å². The Kier molecular flexibility index (Phi) is 7.40. The molecule has 2 aliphatic heterocycles. The first-order valence-electron chi connectivity index (χ1n) is 8.63. The summed E-state index contributed by atoms with van der Waals surface area (Å²) in [5.74, 6) is 0. The lowest BCUT2D eigenvalue weighted by atomic mass is 10.1. The summed E-state index contributed by atoms with van der Waals surface area (Å²) in [5.41, 5.74) is 0. The first kappa shape index (κ1) is 17.2. The highest BCUT2D eigenvalue weighted by Gasteiger charge is 2.27. The van der Waals surface area contributed by atoms with E-state index < -0.39 is 0 Å². The maximum Gasteiger partial charge on any atom is 0.0707 e. The van der Waals surface area contributed by atoms with Crippen molar-refractivity contribution in [1.29, 1.82) is 0 Å². The lowest BCUT2D eigenvalue weighted by molar-refractivity contribution is 0.0125. The van der Waals surface area contributed by atoms with Crippen molar-refractivity contribution in [3.63, 3.8) is 0 Å². The molecule has 0 saturated carbocycles. The van der Waals surface area contributed by atoms with Crippen molar-refractivity contribution in [3.05, 3.63) is 0 Å². The van der Waals surface area contributed by atoms with E-state index in [2.05, 4.69) is 41.0 Å². The van der Waals surface area contributed by atoms with Gasteiger partial charge in [-0.25, -0.2) is 0 Å². The van der Waals surface area contributed by atoms with Gasteiger partial charge in [-0.3, -0.25) is 9.80 Å². The van der Waals surface area contributed by atoms with Gasteiger partial charge in [0.15, 0.2) is 0 Å². The highest BCUT2D eigenvalue weighted by Crippen LogP contribution is 2.20. The molecule has 0 bridgehead atoms. The quantitative estimate of drug-likeness (QED) is 0.698. The second-order valence-corrected chi connectivity index (χ2v) is 6.71. The summed E-state index contributed by atoms with van der Waals surface area (Å²) >= 11 is 0. The second kappa shape index (κ2) is 9.06. The van der Waals surface area contributed by atoms with Gasteiger partial charge < -0.3 is 15.0 Å². The molecule has 5 heteroatoms. The maximum atomic E-state index is 6.15. The summed E-state index contributed by atoms with van der Waals surface area (Å²) in [5, 5.41) is 3.39. The lowest BCUT2D eigenvalue weighted by Gasteiger charge is -2.36. The van der Waals surface area contributed by atoms with Crippen molar-refractivity contribution in [1.82, 2.24) is 20.0 Å². The van der Waals surface area contributed by atoms with Crippen LogP contribution in [0.15, 0.2) is 0 Å². The van der Waals surface area contributed by atoms with E-state index in [4.69, 9.17) is 4.74 Å². The Bertz CT molecular complexity index is 279. The number of hydrogen-bond donors (Lipinski definition) is 1. The van der Waals surface area contributed by atoms with E-state index in [1.807, 2.05) is 0 Å². The molecule has 2 unspecified atom stereocenters. The zero-order valence-corrected chi connectivity index (χ0v) is 14.2. The molecule has 0 radical (unpaired) electrons. The van der Waals surface area contributed by atoms with E-state index in [0.29, 0.717) is 12.2 Å². The van der Waals surface area contributed by atoms with Gasteiger partial charge >= 0.3 is 0 Å². The number of hydrogen-bond acceptors (Lipinski definition) is 5. The Morgan fingerprint density at radius 2 is 1.71 bits per heavy atom. The number of piperazine rings is 1. The molecule has 2 atom stereocenters. The van der Waals surface area contributed by atoms with Crippen LogP contribution in [0.4, 0.5) is 0 Å². The van der Waals surface area contributed by atoms with Crippen LogP contribution in [0.1, 0.15) is 19.8 Å². The van der Waals surface area contributed by atoms with Crippen molar-refractivity contribution in [2.45, 2.75) is 32.0 Å². The topological polar surface area (TPSA) is 31.0 Å². The van der Waals surface area contributed by atoms with Crippen LogP contribution in [0.5, 0.6) is 0 Å². The van der Waals surface area contributed by atoms with Crippen LogP contribution >= 0.6 is 0 Å². The molecule has 2 rings (SSSR count). The Hall–Kier alpha value is -0.200. The third-order valence-corrected chi connectivity index (χ3v) is 4.61.